The third-order valence-corrected chi connectivity index (χ3v) is 5.68. The molecule has 6 nitrogen and oxygen atoms in total. The summed E-state index contributed by atoms with van der Waals surface area (Å²) >= 11 is 0. The van der Waals surface area contributed by atoms with E-state index in [2.05, 4.69) is 4.72 Å². The monoisotopic (exact) mass is 338 g/mol. The summed E-state index contributed by atoms with van der Waals surface area (Å²) in [6, 6.07) is 4.48. The molecule has 21 heavy (non-hydrogen) atoms. The van der Waals surface area contributed by atoms with Crippen molar-refractivity contribution in [1.29, 1.82) is 0 Å². The second kappa shape index (κ2) is 7.30. The molecule has 0 amide bonds. The Morgan fingerprint density at radius 3 is 2.19 bits per heavy atom. The molecule has 0 aromatic heterocycles. The van der Waals surface area contributed by atoms with Gasteiger partial charge in [-0.2, -0.15) is 0 Å². The zero-order valence-corrected chi connectivity index (χ0v) is 13.5. The Labute approximate surface area is 125 Å². The summed E-state index contributed by atoms with van der Waals surface area (Å²) in [5.74, 6) is -0.513. The van der Waals surface area contributed by atoms with E-state index in [1.807, 2.05) is 0 Å². The van der Waals surface area contributed by atoms with E-state index in [9.17, 15) is 21.2 Å². The lowest BCUT2D eigenvalue weighted by atomic mass is 10.4. The molecule has 0 saturated carbocycles. The second-order valence-electron chi connectivity index (χ2n) is 4.46. The number of hydrogen-bond acceptors (Lipinski definition) is 4. The molecule has 0 unspecified atom stereocenters. The Morgan fingerprint density at radius 2 is 1.71 bits per heavy atom. The van der Waals surface area contributed by atoms with Crippen LogP contribution in [0.1, 0.15) is 13.3 Å². The van der Waals surface area contributed by atoms with Crippen LogP contribution in [-0.2, 0) is 20.0 Å². The molecule has 120 valence electrons. The lowest BCUT2D eigenvalue weighted by Gasteiger charge is -2.17. The Balaban J connectivity index is 2.54. The standard InChI is InChI=1S/C12H19FN2O4S2/c1-3-15(20(2,16)17)10-4-9-14-21(18,19)12-7-5-11(13)6-8-12/h5-8,14H,3-4,9-10H2,1-2H3. The normalized spacial score (nSPS) is 12.8. The van der Waals surface area contributed by atoms with Crippen LogP contribution in [0.15, 0.2) is 29.2 Å². The van der Waals surface area contributed by atoms with Gasteiger partial charge in [-0.1, -0.05) is 6.92 Å². The molecule has 0 radical (unpaired) electrons. The van der Waals surface area contributed by atoms with Gasteiger partial charge in [0.1, 0.15) is 5.82 Å². The summed E-state index contributed by atoms with van der Waals surface area (Å²) in [5, 5.41) is 0. The van der Waals surface area contributed by atoms with E-state index in [1.165, 1.54) is 16.4 Å². The van der Waals surface area contributed by atoms with Crippen LogP contribution in [0.25, 0.3) is 0 Å². The number of halogens is 1. The van der Waals surface area contributed by atoms with Gasteiger partial charge in [0, 0.05) is 19.6 Å². The zero-order valence-electron chi connectivity index (χ0n) is 11.9. The van der Waals surface area contributed by atoms with Crippen LogP contribution in [0.5, 0.6) is 0 Å². The SMILES string of the molecule is CCN(CCCNS(=O)(=O)c1ccc(F)cc1)S(C)(=O)=O. The van der Waals surface area contributed by atoms with Crippen LogP contribution < -0.4 is 4.72 Å². The van der Waals surface area contributed by atoms with E-state index in [-0.39, 0.29) is 18.0 Å². The molecule has 9 heteroatoms. The first kappa shape index (κ1) is 18.0. The van der Waals surface area contributed by atoms with Gasteiger partial charge in [0.15, 0.2) is 0 Å². The van der Waals surface area contributed by atoms with Gasteiger partial charge in [-0.3, -0.25) is 0 Å². The van der Waals surface area contributed by atoms with Gasteiger partial charge in [-0.15, -0.1) is 0 Å². The first-order valence-electron chi connectivity index (χ1n) is 6.37. The van der Waals surface area contributed by atoms with Crippen molar-refractivity contribution in [3.8, 4) is 0 Å². The summed E-state index contributed by atoms with van der Waals surface area (Å²) in [5.41, 5.74) is 0. The van der Waals surface area contributed by atoms with Crippen LogP contribution in [0.3, 0.4) is 0 Å². The Kier molecular flexibility index (Phi) is 6.26. The number of benzene rings is 1. The molecular formula is C12H19FN2O4S2. The van der Waals surface area contributed by atoms with Crippen LogP contribution in [-0.4, -0.2) is 47.0 Å². The largest absolute Gasteiger partial charge is 0.240 e. The Morgan fingerprint density at radius 1 is 1.14 bits per heavy atom. The number of sulfonamides is 2. The molecule has 0 saturated heterocycles. The quantitative estimate of drug-likeness (QED) is 0.710. The van der Waals surface area contributed by atoms with E-state index in [4.69, 9.17) is 0 Å². The minimum absolute atomic E-state index is 0.0284. The molecule has 1 rings (SSSR count). The number of nitrogens with zero attached hydrogens (tertiary/aromatic N) is 1. The van der Waals surface area contributed by atoms with Crippen molar-refractivity contribution < 1.29 is 21.2 Å². The third kappa shape index (κ3) is 5.70. The van der Waals surface area contributed by atoms with Crippen molar-refractivity contribution in [2.45, 2.75) is 18.2 Å². The average Bonchev–Trinajstić information content (AvgIpc) is 2.37. The minimum atomic E-state index is -3.70. The van der Waals surface area contributed by atoms with Crippen molar-refractivity contribution in [1.82, 2.24) is 9.03 Å². The molecule has 1 aromatic carbocycles. The first-order chi connectivity index (χ1) is 9.66. The smallest absolute Gasteiger partial charge is 0.213 e. The molecule has 0 aliphatic carbocycles. The first-order valence-corrected chi connectivity index (χ1v) is 9.70. The Hall–Kier alpha value is -1.03. The molecule has 0 fully saturated rings. The fourth-order valence-electron chi connectivity index (χ4n) is 1.72. The fourth-order valence-corrected chi connectivity index (χ4v) is 3.72. The van der Waals surface area contributed by atoms with Crippen molar-refractivity contribution in [3.63, 3.8) is 0 Å². The van der Waals surface area contributed by atoms with Gasteiger partial charge in [0.25, 0.3) is 0 Å². The van der Waals surface area contributed by atoms with Gasteiger partial charge in [0.05, 0.1) is 11.2 Å². The molecule has 0 bridgehead atoms. The lowest BCUT2D eigenvalue weighted by molar-refractivity contribution is 0.424. The van der Waals surface area contributed by atoms with E-state index in [0.29, 0.717) is 13.0 Å². The molecule has 0 aliphatic rings. The molecule has 0 spiro atoms. The number of rotatable bonds is 8. The summed E-state index contributed by atoms with van der Waals surface area (Å²) in [4.78, 5) is -0.0284. The van der Waals surface area contributed by atoms with Gasteiger partial charge in [-0.05, 0) is 30.7 Å². The summed E-state index contributed by atoms with van der Waals surface area (Å²) < 4.78 is 62.9. The van der Waals surface area contributed by atoms with E-state index >= 15 is 0 Å². The molecule has 1 N–H and O–H groups in total. The minimum Gasteiger partial charge on any atom is -0.213 e. The van der Waals surface area contributed by atoms with Crippen LogP contribution in [0.2, 0.25) is 0 Å². The molecule has 1 aromatic rings. The third-order valence-electron chi connectivity index (χ3n) is 2.82. The van der Waals surface area contributed by atoms with Crippen molar-refractivity contribution in [3.05, 3.63) is 30.1 Å². The maximum Gasteiger partial charge on any atom is 0.240 e. The highest BCUT2D eigenvalue weighted by molar-refractivity contribution is 7.89. The van der Waals surface area contributed by atoms with Crippen molar-refractivity contribution in [2.24, 2.45) is 0 Å². The van der Waals surface area contributed by atoms with E-state index < -0.39 is 25.9 Å². The predicted octanol–water partition coefficient (Wildman–Crippen LogP) is 0.776. The highest BCUT2D eigenvalue weighted by Gasteiger charge is 2.16. The van der Waals surface area contributed by atoms with E-state index in [1.54, 1.807) is 6.92 Å². The van der Waals surface area contributed by atoms with Gasteiger partial charge in [-0.25, -0.2) is 30.3 Å². The van der Waals surface area contributed by atoms with Gasteiger partial charge in [0.2, 0.25) is 20.0 Å². The second-order valence-corrected chi connectivity index (χ2v) is 8.21. The average molecular weight is 338 g/mol. The number of hydrogen-bond donors (Lipinski definition) is 1. The van der Waals surface area contributed by atoms with E-state index in [0.717, 1.165) is 18.4 Å². The van der Waals surface area contributed by atoms with Gasteiger partial charge >= 0.3 is 0 Å². The van der Waals surface area contributed by atoms with Gasteiger partial charge < -0.3 is 0 Å². The molecule has 0 aliphatic heterocycles. The van der Waals surface area contributed by atoms with Crippen LogP contribution in [0.4, 0.5) is 4.39 Å². The topological polar surface area (TPSA) is 83.6 Å². The van der Waals surface area contributed by atoms with Crippen molar-refractivity contribution in [2.75, 3.05) is 25.9 Å². The van der Waals surface area contributed by atoms with Crippen LogP contribution >= 0.6 is 0 Å². The molecule has 0 heterocycles. The zero-order chi connectivity index (χ0) is 16.1. The lowest BCUT2D eigenvalue weighted by Crippen LogP contribution is -2.33. The summed E-state index contributed by atoms with van der Waals surface area (Å²) in [6.07, 6.45) is 1.46. The maximum atomic E-state index is 12.7. The number of nitrogens with one attached hydrogen (secondary N) is 1. The summed E-state index contributed by atoms with van der Waals surface area (Å²) in [6.45, 7) is 2.39. The fraction of sp³-hybridized carbons (Fsp3) is 0.500. The highest BCUT2D eigenvalue weighted by atomic mass is 32.2. The predicted molar refractivity (Wildman–Crippen MR) is 78.3 cm³/mol. The molecule has 0 atom stereocenters. The maximum absolute atomic E-state index is 12.7. The molecular weight excluding hydrogens is 319 g/mol. The highest BCUT2D eigenvalue weighted by Crippen LogP contribution is 2.09. The van der Waals surface area contributed by atoms with Crippen LogP contribution in [0, 0.1) is 5.82 Å². The summed E-state index contributed by atoms with van der Waals surface area (Å²) in [7, 11) is -6.98. The van der Waals surface area contributed by atoms with Crippen molar-refractivity contribution >= 4 is 20.0 Å². The Bertz CT molecular complexity index is 657.